The average Bonchev–Trinajstić information content (AvgIpc) is 3.11. The van der Waals surface area contributed by atoms with Crippen LogP contribution >= 0.6 is 0 Å². The Bertz CT molecular complexity index is 1700. The molecule has 0 fully saturated rings. The maximum absolute atomic E-state index is 15.4. The summed E-state index contributed by atoms with van der Waals surface area (Å²) < 4.78 is 294. The van der Waals surface area contributed by atoms with Gasteiger partial charge in [0.05, 0.1) is 19.6 Å². The van der Waals surface area contributed by atoms with Crippen molar-refractivity contribution in [2.24, 2.45) is 0 Å². The van der Waals surface area contributed by atoms with Crippen LogP contribution in [0.2, 0.25) is 0 Å². The van der Waals surface area contributed by atoms with Crippen LogP contribution in [0.5, 0.6) is 0 Å². The molecule has 1 N–H and O–H groups in total. The minimum Gasteiger partial charge on any atom is -0.336 e. The summed E-state index contributed by atoms with van der Waals surface area (Å²) in [6.45, 7) is 7.91. The third-order valence-corrected chi connectivity index (χ3v) is 8.25. The number of hydrogen-bond donors (Lipinski definition) is 1. The molecule has 0 bridgehead atoms. The van der Waals surface area contributed by atoms with E-state index < -0.39 is 144 Å². The predicted octanol–water partition coefficient (Wildman–Crippen LogP) is 5.78. The van der Waals surface area contributed by atoms with Crippen LogP contribution in [-0.2, 0) is 0 Å². The molecule has 0 aliphatic rings. The molecule has 0 heterocycles. The van der Waals surface area contributed by atoms with Gasteiger partial charge in [0.1, 0.15) is 52.7 Å². The van der Waals surface area contributed by atoms with Crippen molar-refractivity contribution in [1.82, 2.24) is 0 Å². The molecule has 22 heteroatoms. The lowest BCUT2D eigenvalue weighted by molar-refractivity contribution is -0.899. The van der Waals surface area contributed by atoms with Crippen LogP contribution in [0, 0.1) is 116 Å². The van der Waals surface area contributed by atoms with E-state index in [2.05, 4.69) is 27.8 Å². The van der Waals surface area contributed by atoms with Gasteiger partial charge in [0, 0.05) is 0 Å². The minimum atomic E-state index is -7.22. The highest BCUT2D eigenvalue weighted by atomic mass is 19.2. The molecule has 1 atom stereocenters. The van der Waals surface area contributed by atoms with Gasteiger partial charge in [-0.05, 0) is 20.8 Å². The number of hydrogen-bond acceptors (Lipinski definition) is 0. The van der Waals surface area contributed by atoms with Gasteiger partial charge in [0.15, 0.2) is 69.8 Å². The molecule has 4 rings (SSSR count). The monoisotopic (exact) mass is 781 g/mol. The van der Waals surface area contributed by atoms with Gasteiger partial charge in [-0.2, -0.15) is 0 Å². The zero-order valence-electron chi connectivity index (χ0n) is 25.9. The molecule has 1 nitrogen and oxygen atoms in total. The van der Waals surface area contributed by atoms with E-state index >= 15 is 35.1 Å². The molecule has 284 valence electrons. The van der Waals surface area contributed by atoms with Crippen LogP contribution in [0.15, 0.2) is 0 Å². The largest absolute Gasteiger partial charge is 0.336 e. The number of benzene rings is 4. The van der Waals surface area contributed by atoms with Gasteiger partial charge in [0.2, 0.25) is 0 Å². The van der Waals surface area contributed by atoms with E-state index in [4.69, 9.17) is 0 Å². The predicted molar refractivity (Wildman–Crippen MR) is 142 cm³/mol. The molecule has 0 spiro atoms. The van der Waals surface area contributed by atoms with Crippen LogP contribution < -0.4 is 26.8 Å². The maximum Gasteiger partial charge on any atom is 0.200 e. The van der Waals surface area contributed by atoms with Crippen LogP contribution in [0.4, 0.5) is 87.8 Å². The van der Waals surface area contributed by atoms with E-state index in [0.29, 0.717) is 0 Å². The molecule has 4 aromatic carbocycles. The second-order valence-corrected chi connectivity index (χ2v) is 11.2. The Morgan fingerprint density at radius 1 is 0.327 bits per heavy atom. The summed E-state index contributed by atoms with van der Waals surface area (Å²) >= 11 is 0. The molecular formula is C30H16BF20N. The summed E-state index contributed by atoms with van der Waals surface area (Å²) in [6, 6.07) is 0.782. The molecule has 0 saturated carbocycles. The van der Waals surface area contributed by atoms with Crippen LogP contribution in [0.25, 0.3) is 0 Å². The lowest BCUT2D eigenvalue weighted by atomic mass is 9.12. The van der Waals surface area contributed by atoms with Gasteiger partial charge in [-0.1, -0.05) is 0 Å². The fourth-order valence-corrected chi connectivity index (χ4v) is 5.28. The van der Waals surface area contributed by atoms with Crippen molar-refractivity contribution in [1.29, 1.82) is 0 Å². The molecule has 0 aliphatic carbocycles. The molecule has 0 amide bonds. The first kappa shape index (κ1) is 41.9. The summed E-state index contributed by atoms with van der Waals surface area (Å²) in [4.78, 5) is 1.60. The van der Waals surface area contributed by atoms with Gasteiger partial charge >= 0.3 is 0 Å². The highest BCUT2D eigenvalue weighted by molar-refractivity contribution is 7.20. The maximum atomic E-state index is 15.4. The van der Waals surface area contributed by atoms with Gasteiger partial charge in [-0.25, -0.2) is 87.8 Å². The fourth-order valence-electron chi connectivity index (χ4n) is 5.28. The van der Waals surface area contributed by atoms with E-state index in [1.165, 1.54) is 6.54 Å². The first-order chi connectivity index (χ1) is 23.9. The third kappa shape index (κ3) is 6.11. The smallest absolute Gasteiger partial charge is 0.200 e. The fraction of sp³-hybridized carbons (Fsp3) is 0.200. The zero-order chi connectivity index (χ0) is 40.2. The highest BCUT2D eigenvalue weighted by Gasteiger charge is 2.52. The topological polar surface area (TPSA) is 4.44 Å². The van der Waals surface area contributed by atoms with Crippen molar-refractivity contribution in [2.75, 3.05) is 13.6 Å². The van der Waals surface area contributed by atoms with E-state index in [1.54, 1.807) is 4.90 Å². The molecule has 0 radical (unpaired) electrons. The Morgan fingerprint density at radius 2 is 0.462 bits per heavy atom. The van der Waals surface area contributed by atoms with Crippen molar-refractivity contribution in [2.45, 2.75) is 26.8 Å². The summed E-state index contributed by atoms with van der Waals surface area (Å²) in [7, 11) is 2.21. The number of nitrogens with one attached hydrogen (secondary N) is 1. The average molecular weight is 781 g/mol. The van der Waals surface area contributed by atoms with Gasteiger partial charge < -0.3 is 4.90 Å². The normalized spacial score (nSPS) is 12.4. The Hall–Kier alpha value is -4.50. The molecule has 0 aliphatic heterocycles. The Balaban J connectivity index is 0.000000944. The Labute approximate surface area is 278 Å². The number of halogens is 20. The molecule has 52 heavy (non-hydrogen) atoms. The highest BCUT2D eigenvalue weighted by Crippen LogP contribution is 2.30. The molecule has 0 aromatic heterocycles. The van der Waals surface area contributed by atoms with Crippen molar-refractivity contribution in [3.05, 3.63) is 116 Å². The minimum absolute atomic E-state index is 0.782. The third-order valence-electron chi connectivity index (χ3n) is 8.25. The molecular weight excluding hydrogens is 765 g/mol. The van der Waals surface area contributed by atoms with Gasteiger partial charge in [0.25, 0.3) is 0 Å². The Morgan fingerprint density at radius 3 is 0.558 bits per heavy atom. The number of rotatable bonds is 6. The zero-order valence-corrected chi connectivity index (χ0v) is 25.9. The van der Waals surface area contributed by atoms with Gasteiger partial charge in [-0.15, -0.1) is 21.9 Å². The summed E-state index contributed by atoms with van der Waals surface area (Å²) in [5, 5.41) is 0. The SMILES string of the molecule is CC[NH+](C)C(C)C.Fc1c(F)c(F)c([B-](c2c(F)c(F)c(F)c(F)c2F)(c2c(F)c(F)c(F)c(F)c2F)c2c(F)c(F)c(F)c(F)c2F)c(F)c1F. The van der Waals surface area contributed by atoms with Crippen LogP contribution in [-0.4, -0.2) is 25.8 Å². The van der Waals surface area contributed by atoms with Gasteiger partial charge in [-0.3, -0.25) is 0 Å². The Kier molecular flexibility index (Phi) is 12.0. The van der Waals surface area contributed by atoms with Crippen LogP contribution in [0.1, 0.15) is 20.8 Å². The lowest BCUT2D eigenvalue weighted by Crippen LogP contribution is -3.11. The van der Waals surface area contributed by atoms with E-state index in [-0.39, 0.29) is 0 Å². The molecule has 4 aromatic rings. The summed E-state index contributed by atoms with van der Waals surface area (Å²) in [6.07, 6.45) is -7.22. The van der Waals surface area contributed by atoms with Crippen molar-refractivity contribution < 1.29 is 92.7 Å². The molecule has 0 saturated heterocycles. The second-order valence-electron chi connectivity index (χ2n) is 11.2. The van der Waals surface area contributed by atoms with Crippen molar-refractivity contribution in [3.63, 3.8) is 0 Å². The standard InChI is InChI=1S/C24BF20.C6H15N/c26-5-1(6(27)14(35)21(42)13(5)34)25(2-7(28)15(36)22(43)16(37)8(2)29,3-9(30)17(38)23(44)18(39)10(3)31)4-11(32)19(40)24(45)20(41)12(4)33;1-5-7(4)6(2)3/h;6H,5H2,1-4H3/q-1;/p+1. The summed E-state index contributed by atoms with van der Waals surface area (Å²) in [5.41, 5.74) is -14.3. The first-order valence-electron chi connectivity index (χ1n) is 13.9. The number of quaternary nitrogens is 1. The van der Waals surface area contributed by atoms with Crippen molar-refractivity contribution in [3.8, 4) is 0 Å². The van der Waals surface area contributed by atoms with E-state index in [0.717, 1.165) is 6.04 Å². The lowest BCUT2D eigenvalue weighted by Gasteiger charge is -2.44. The van der Waals surface area contributed by atoms with E-state index in [9.17, 15) is 52.7 Å². The molecule has 1 unspecified atom stereocenters. The summed E-state index contributed by atoms with van der Waals surface area (Å²) in [5.74, 6) is -71.4. The second kappa shape index (κ2) is 14.9. The van der Waals surface area contributed by atoms with Crippen molar-refractivity contribution >= 4 is 28.0 Å². The first-order valence-corrected chi connectivity index (χ1v) is 13.9. The van der Waals surface area contributed by atoms with E-state index in [1.807, 2.05) is 0 Å². The quantitative estimate of drug-likeness (QED) is 0.110. The van der Waals surface area contributed by atoms with Crippen LogP contribution in [0.3, 0.4) is 0 Å².